The standard InChI is InChI=1S/C13H17ClN4O/c1-3-7-18-13(19)12(11(14)9-16-18)15-6-8-17(2)10-4-5-10/h1,9-10,15H,4-8H2,2H3. The second-order valence-electron chi connectivity index (χ2n) is 4.67. The van der Waals surface area contributed by atoms with Gasteiger partial charge in [-0.2, -0.15) is 5.10 Å². The van der Waals surface area contributed by atoms with Crippen molar-refractivity contribution in [1.29, 1.82) is 0 Å². The maximum Gasteiger partial charge on any atom is 0.292 e. The van der Waals surface area contributed by atoms with Crippen molar-refractivity contribution in [3.05, 3.63) is 21.6 Å². The molecule has 0 aliphatic heterocycles. The van der Waals surface area contributed by atoms with Gasteiger partial charge in [-0.1, -0.05) is 17.5 Å². The number of aromatic nitrogens is 2. The molecule has 1 heterocycles. The minimum absolute atomic E-state index is 0.145. The lowest BCUT2D eigenvalue weighted by Gasteiger charge is -2.16. The van der Waals surface area contributed by atoms with E-state index in [-0.39, 0.29) is 12.1 Å². The Morgan fingerprint density at radius 1 is 1.68 bits per heavy atom. The highest BCUT2D eigenvalue weighted by Gasteiger charge is 2.25. The van der Waals surface area contributed by atoms with Crippen molar-refractivity contribution >= 4 is 17.3 Å². The van der Waals surface area contributed by atoms with Gasteiger partial charge in [0.1, 0.15) is 12.2 Å². The maximum absolute atomic E-state index is 12.0. The molecule has 1 N–H and O–H groups in total. The van der Waals surface area contributed by atoms with Crippen molar-refractivity contribution in [2.45, 2.75) is 25.4 Å². The second kappa shape index (κ2) is 6.09. The summed E-state index contributed by atoms with van der Waals surface area (Å²) in [7, 11) is 2.09. The van der Waals surface area contributed by atoms with E-state index in [1.165, 1.54) is 23.7 Å². The molecule has 0 radical (unpaired) electrons. The summed E-state index contributed by atoms with van der Waals surface area (Å²) in [6.07, 6.45) is 9.16. The SMILES string of the molecule is C#CCn1ncc(Cl)c(NCCN(C)C2CC2)c1=O. The van der Waals surface area contributed by atoms with Gasteiger partial charge in [-0.05, 0) is 19.9 Å². The lowest BCUT2D eigenvalue weighted by molar-refractivity contribution is 0.337. The van der Waals surface area contributed by atoms with Gasteiger partial charge in [-0.15, -0.1) is 6.42 Å². The quantitative estimate of drug-likeness (QED) is 0.791. The average molecular weight is 281 g/mol. The summed E-state index contributed by atoms with van der Waals surface area (Å²) in [5, 5.41) is 7.29. The van der Waals surface area contributed by atoms with Crippen molar-refractivity contribution in [3.8, 4) is 12.3 Å². The Hall–Kier alpha value is -1.51. The average Bonchev–Trinajstić information content (AvgIpc) is 3.21. The number of hydrogen-bond acceptors (Lipinski definition) is 4. The number of terminal acetylenes is 1. The normalized spacial score (nSPS) is 14.4. The molecular weight excluding hydrogens is 264 g/mol. The van der Waals surface area contributed by atoms with Gasteiger partial charge >= 0.3 is 0 Å². The summed E-state index contributed by atoms with van der Waals surface area (Å²) in [5.41, 5.74) is 0.0932. The number of hydrogen-bond donors (Lipinski definition) is 1. The van der Waals surface area contributed by atoms with Crippen molar-refractivity contribution in [1.82, 2.24) is 14.7 Å². The Labute approximate surface area is 117 Å². The van der Waals surface area contributed by atoms with E-state index in [2.05, 4.69) is 28.3 Å². The van der Waals surface area contributed by atoms with Gasteiger partial charge in [0.05, 0.1) is 11.2 Å². The molecule has 1 fully saturated rings. The zero-order valence-corrected chi connectivity index (χ0v) is 11.7. The minimum Gasteiger partial charge on any atom is -0.378 e. The molecule has 102 valence electrons. The maximum atomic E-state index is 12.0. The third-order valence-electron chi connectivity index (χ3n) is 3.18. The van der Waals surface area contributed by atoms with Crippen LogP contribution in [0.2, 0.25) is 5.02 Å². The molecule has 0 unspecified atom stereocenters. The zero-order valence-electron chi connectivity index (χ0n) is 10.9. The minimum atomic E-state index is -0.278. The Bertz CT molecular complexity index is 545. The molecule has 6 heteroatoms. The molecule has 1 aliphatic carbocycles. The van der Waals surface area contributed by atoms with Gasteiger partial charge in [-0.3, -0.25) is 4.79 Å². The first-order valence-electron chi connectivity index (χ1n) is 6.26. The van der Waals surface area contributed by atoms with Crippen molar-refractivity contribution in [2.75, 3.05) is 25.5 Å². The molecular formula is C13H17ClN4O. The number of rotatable bonds is 6. The van der Waals surface area contributed by atoms with Crippen LogP contribution in [0.4, 0.5) is 5.69 Å². The molecule has 0 aromatic carbocycles. The summed E-state index contributed by atoms with van der Waals surface area (Å²) in [6, 6.07) is 0.702. The van der Waals surface area contributed by atoms with Gasteiger partial charge in [-0.25, -0.2) is 4.68 Å². The van der Waals surface area contributed by atoms with Gasteiger partial charge in [0, 0.05) is 19.1 Å². The predicted molar refractivity (Wildman–Crippen MR) is 76.5 cm³/mol. The van der Waals surface area contributed by atoms with Crippen LogP contribution in [0.15, 0.2) is 11.0 Å². The monoisotopic (exact) mass is 280 g/mol. The van der Waals surface area contributed by atoms with E-state index in [1.54, 1.807) is 0 Å². The highest BCUT2D eigenvalue weighted by molar-refractivity contribution is 6.32. The van der Waals surface area contributed by atoms with Crippen LogP contribution in [-0.2, 0) is 6.54 Å². The highest BCUT2D eigenvalue weighted by atomic mass is 35.5. The fourth-order valence-electron chi connectivity index (χ4n) is 1.88. The summed E-state index contributed by atoms with van der Waals surface area (Å²) >= 11 is 5.99. The summed E-state index contributed by atoms with van der Waals surface area (Å²) in [6.45, 7) is 1.69. The lowest BCUT2D eigenvalue weighted by atomic mass is 10.4. The number of likely N-dealkylation sites (N-methyl/N-ethyl adjacent to an activating group) is 1. The molecule has 2 rings (SSSR count). The van der Waals surface area contributed by atoms with Crippen LogP contribution in [-0.4, -0.2) is 40.9 Å². The fourth-order valence-corrected chi connectivity index (χ4v) is 2.07. The van der Waals surface area contributed by atoms with Crippen LogP contribution < -0.4 is 10.9 Å². The molecule has 0 saturated heterocycles. The summed E-state index contributed by atoms with van der Waals surface area (Å²) in [5.74, 6) is 2.39. The lowest BCUT2D eigenvalue weighted by Crippen LogP contribution is -2.30. The number of halogens is 1. The summed E-state index contributed by atoms with van der Waals surface area (Å²) < 4.78 is 1.22. The molecule has 0 amide bonds. The van der Waals surface area contributed by atoms with E-state index in [0.29, 0.717) is 23.3 Å². The van der Waals surface area contributed by atoms with Gasteiger partial charge in [0.15, 0.2) is 0 Å². The van der Waals surface area contributed by atoms with Crippen LogP contribution in [0.5, 0.6) is 0 Å². The second-order valence-corrected chi connectivity index (χ2v) is 5.08. The van der Waals surface area contributed by atoms with E-state index in [1.807, 2.05) is 0 Å². The van der Waals surface area contributed by atoms with Gasteiger partial charge < -0.3 is 10.2 Å². The van der Waals surface area contributed by atoms with Crippen LogP contribution in [0.1, 0.15) is 12.8 Å². The molecule has 1 aromatic rings. The van der Waals surface area contributed by atoms with Crippen molar-refractivity contribution in [2.24, 2.45) is 0 Å². The molecule has 5 nitrogen and oxygen atoms in total. The third-order valence-corrected chi connectivity index (χ3v) is 3.46. The Morgan fingerprint density at radius 2 is 2.42 bits per heavy atom. The van der Waals surface area contributed by atoms with Crippen molar-refractivity contribution < 1.29 is 0 Å². The fraction of sp³-hybridized carbons (Fsp3) is 0.538. The van der Waals surface area contributed by atoms with Gasteiger partial charge in [0.2, 0.25) is 0 Å². The molecule has 1 aliphatic rings. The first-order chi connectivity index (χ1) is 9.13. The number of nitrogens with one attached hydrogen (secondary N) is 1. The number of nitrogens with zero attached hydrogens (tertiary/aromatic N) is 3. The van der Waals surface area contributed by atoms with Gasteiger partial charge in [0.25, 0.3) is 5.56 Å². The van der Waals surface area contributed by atoms with E-state index >= 15 is 0 Å². The molecule has 0 atom stereocenters. The van der Waals surface area contributed by atoms with Crippen LogP contribution in [0.25, 0.3) is 0 Å². The zero-order chi connectivity index (χ0) is 13.8. The van der Waals surface area contributed by atoms with E-state index in [9.17, 15) is 4.79 Å². The molecule has 0 spiro atoms. The van der Waals surface area contributed by atoms with Crippen LogP contribution >= 0.6 is 11.6 Å². The Balaban J connectivity index is 2.00. The summed E-state index contributed by atoms with van der Waals surface area (Å²) in [4.78, 5) is 14.3. The van der Waals surface area contributed by atoms with Crippen LogP contribution in [0.3, 0.4) is 0 Å². The largest absolute Gasteiger partial charge is 0.378 e. The predicted octanol–water partition coefficient (Wildman–Crippen LogP) is 1.04. The molecule has 19 heavy (non-hydrogen) atoms. The first kappa shape index (κ1) is 13.9. The highest BCUT2D eigenvalue weighted by Crippen LogP contribution is 2.24. The Kier molecular flexibility index (Phi) is 4.46. The third kappa shape index (κ3) is 3.49. The molecule has 1 saturated carbocycles. The van der Waals surface area contributed by atoms with E-state index in [0.717, 1.165) is 6.54 Å². The smallest absolute Gasteiger partial charge is 0.292 e. The number of anilines is 1. The van der Waals surface area contributed by atoms with E-state index < -0.39 is 0 Å². The van der Waals surface area contributed by atoms with Crippen LogP contribution in [0, 0.1) is 12.3 Å². The molecule has 1 aromatic heterocycles. The molecule has 0 bridgehead atoms. The Morgan fingerprint density at radius 3 is 3.05 bits per heavy atom. The topological polar surface area (TPSA) is 50.2 Å². The first-order valence-corrected chi connectivity index (χ1v) is 6.64. The van der Waals surface area contributed by atoms with E-state index in [4.69, 9.17) is 18.0 Å². The van der Waals surface area contributed by atoms with Crippen molar-refractivity contribution in [3.63, 3.8) is 0 Å².